The van der Waals surface area contributed by atoms with E-state index in [0.29, 0.717) is 30.0 Å². The van der Waals surface area contributed by atoms with Crippen molar-refractivity contribution in [1.82, 2.24) is 9.80 Å². The molecule has 0 aromatic rings. The van der Waals surface area contributed by atoms with Gasteiger partial charge in [0.15, 0.2) is 0 Å². The Kier molecular flexibility index (Phi) is 6.13. The Morgan fingerprint density at radius 3 is 2.38 bits per heavy atom. The Balaban J connectivity index is 1.67. The maximum atomic E-state index is 14.4. The van der Waals surface area contributed by atoms with Crippen molar-refractivity contribution in [3.05, 3.63) is 0 Å². The molecule has 0 amide bonds. The quantitative estimate of drug-likeness (QED) is 0.673. The fraction of sp³-hybridized carbons (Fsp3) is 1.00. The van der Waals surface area contributed by atoms with Crippen LogP contribution in [-0.2, 0) is 4.74 Å². The molecule has 0 aromatic heterocycles. The van der Waals surface area contributed by atoms with Crippen molar-refractivity contribution in [2.24, 2.45) is 11.8 Å². The second-order valence-electron chi connectivity index (χ2n) is 8.03. The van der Waals surface area contributed by atoms with Gasteiger partial charge in [-0.2, -0.15) is 0 Å². The normalized spacial score (nSPS) is 43.1. The van der Waals surface area contributed by atoms with Gasteiger partial charge in [0.05, 0.1) is 10.7 Å². The number of hydrogen-bond donors (Lipinski definition) is 0. The minimum Gasteiger partial charge on any atom is -0.376 e. The van der Waals surface area contributed by atoms with Crippen molar-refractivity contribution >= 4 is 23.5 Å². The van der Waals surface area contributed by atoms with Crippen molar-refractivity contribution in [3.63, 3.8) is 0 Å². The monoisotopic (exact) mass is 376 g/mol. The zero-order valence-electron chi connectivity index (χ0n) is 15.8. The van der Waals surface area contributed by atoms with E-state index in [1.54, 1.807) is 7.11 Å². The average molecular weight is 377 g/mol. The third-order valence-corrected chi connectivity index (χ3v) is 8.48. The lowest BCUT2D eigenvalue weighted by Crippen LogP contribution is -2.45. The van der Waals surface area contributed by atoms with Gasteiger partial charge in [-0.05, 0) is 52.2 Å². The van der Waals surface area contributed by atoms with Gasteiger partial charge < -0.3 is 4.74 Å². The molecule has 2 heterocycles. The van der Waals surface area contributed by atoms with Crippen LogP contribution in [0.2, 0.25) is 0 Å². The summed E-state index contributed by atoms with van der Waals surface area (Å²) < 4.78 is 19.9. The Hall–Kier alpha value is 0.510. The molecule has 2 aliphatic heterocycles. The van der Waals surface area contributed by atoms with Crippen LogP contribution in [0.25, 0.3) is 0 Å². The van der Waals surface area contributed by atoms with E-state index in [0.717, 1.165) is 17.6 Å². The minimum atomic E-state index is -0.868. The zero-order valence-corrected chi connectivity index (χ0v) is 17.4. The van der Waals surface area contributed by atoms with Crippen LogP contribution in [0.3, 0.4) is 0 Å². The number of nitrogens with zero attached hydrogens (tertiary/aromatic N) is 2. The molecule has 3 fully saturated rings. The number of thioether (sulfide) groups is 2. The van der Waals surface area contributed by atoms with Gasteiger partial charge >= 0.3 is 0 Å². The molecule has 7 unspecified atom stereocenters. The minimum absolute atomic E-state index is 0.143. The van der Waals surface area contributed by atoms with E-state index < -0.39 is 6.17 Å². The summed E-state index contributed by atoms with van der Waals surface area (Å²) in [6.45, 7) is 9.46. The van der Waals surface area contributed by atoms with Crippen molar-refractivity contribution in [3.8, 4) is 0 Å². The van der Waals surface area contributed by atoms with Gasteiger partial charge in [-0.15, -0.1) is 23.5 Å². The molecule has 0 radical (unpaired) electrons. The first-order chi connectivity index (χ1) is 11.4. The number of methoxy groups -OCH3 is 1. The van der Waals surface area contributed by atoms with Gasteiger partial charge in [0, 0.05) is 37.5 Å². The summed E-state index contributed by atoms with van der Waals surface area (Å²) in [6.07, 6.45) is 2.47. The van der Waals surface area contributed by atoms with Crippen molar-refractivity contribution in [1.29, 1.82) is 0 Å². The van der Waals surface area contributed by atoms with Gasteiger partial charge in [0.1, 0.15) is 12.3 Å². The second-order valence-corrected chi connectivity index (χ2v) is 10.1. The van der Waals surface area contributed by atoms with Crippen LogP contribution in [0.1, 0.15) is 34.1 Å². The summed E-state index contributed by atoms with van der Waals surface area (Å²) >= 11 is 3.94. The zero-order chi connectivity index (χ0) is 17.6. The van der Waals surface area contributed by atoms with E-state index >= 15 is 0 Å². The summed E-state index contributed by atoms with van der Waals surface area (Å²) in [4.78, 5) is 5.01. The molecule has 7 atom stereocenters. The topological polar surface area (TPSA) is 15.7 Å². The summed E-state index contributed by atoms with van der Waals surface area (Å²) in [6, 6.07) is 1.58. The summed E-state index contributed by atoms with van der Waals surface area (Å²) in [5.74, 6) is 2.83. The van der Waals surface area contributed by atoms with Crippen LogP contribution in [0.5, 0.6) is 0 Å². The third kappa shape index (κ3) is 3.38. The number of likely N-dealkylation sites (tertiary alicyclic amines) is 2. The van der Waals surface area contributed by atoms with Crippen LogP contribution < -0.4 is 0 Å². The van der Waals surface area contributed by atoms with E-state index in [4.69, 9.17) is 4.74 Å². The molecule has 2 saturated heterocycles. The van der Waals surface area contributed by atoms with E-state index in [2.05, 4.69) is 43.8 Å². The first-order valence-corrected chi connectivity index (χ1v) is 11.6. The van der Waals surface area contributed by atoms with Crippen LogP contribution in [0.4, 0.5) is 4.39 Å². The SMILES string of the molecule is COC1C(F)CN(C(C)C)C1SCC1C2CC2C(SC)N1C(C)C. The summed E-state index contributed by atoms with van der Waals surface area (Å²) in [7, 11) is 1.66. The molecular formula is C18H33FN2OS2. The standard InChI is InChI=1S/C18H33FN2OS2/c1-10(2)20-8-14(19)16(22-5)18(20)24-9-15-12-7-13(12)17(23-6)21(15)11(3)4/h10-18H,7-9H2,1-6H3. The Morgan fingerprint density at radius 2 is 1.83 bits per heavy atom. The maximum absolute atomic E-state index is 14.4. The molecule has 1 saturated carbocycles. The highest BCUT2D eigenvalue weighted by Gasteiger charge is 2.59. The summed E-state index contributed by atoms with van der Waals surface area (Å²) in [5, 5.41) is 0.821. The van der Waals surface area contributed by atoms with Gasteiger partial charge in [-0.3, -0.25) is 9.80 Å². The second kappa shape index (κ2) is 7.63. The van der Waals surface area contributed by atoms with Gasteiger partial charge in [-0.1, -0.05) is 0 Å². The number of fused-ring (bicyclic) bond motifs is 1. The number of hydrogen-bond acceptors (Lipinski definition) is 5. The molecule has 3 aliphatic rings. The van der Waals surface area contributed by atoms with Crippen LogP contribution >= 0.6 is 23.5 Å². The Morgan fingerprint density at radius 1 is 1.12 bits per heavy atom. The Bertz CT molecular complexity index is 439. The molecule has 0 aromatic carbocycles. The number of ether oxygens (including phenoxy) is 1. The van der Waals surface area contributed by atoms with Crippen LogP contribution in [0, 0.1) is 11.8 Å². The highest BCUT2D eigenvalue weighted by Crippen LogP contribution is 2.57. The lowest BCUT2D eigenvalue weighted by atomic mass is 10.2. The molecule has 0 bridgehead atoms. The molecule has 6 heteroatoms. The molecule has 140 valence electrons. The predicted molar refractivity (Wildman–Crippen MR) is 103 cm³/mol. The molecule has 0 spiro atoms. The molecule has 0 N–H and O–H groups in total. The highest BCUT2D eigenvalue weighted by molar-refractivity contribution is 8.00. The number of rotatable bonds is 7. The third-order valence-electron chi connectivity index (χ3n) is 5.99. The number of piperidine rings is 1. The van der Waals surface area contributed by atoms with Crippen LogP contribution in [-0.4, -0.2) is 76.6 Å². The number of alkyl halides is 1. The van der Waals surface area contributed by atoms with E-state index in [-0.39, 0.29) is 11.5 Å². The fourth-order valence-electron chi connectivity index (χ4n) is 4.75. The largest absolute Gasteiger partial charge is 0.376 e. The van der Waals surface area contributed by atoms with Crippen molar-refractivity contribution in [2.75, 3.05) is 25.7 Å². The van der Waals surface area contributed by atoms with E-state index in [1.807, 2.05) is 23.5 Å². The molecule has 3 rings (SSSR count). The maximum Gasteiger partial charge on any atom is 0.141 e. The highest BCUT2D eigenvalue weighted by atomic mass is 32.2. The van der Waals surface area contributed by atoms with Crippen molar-refractivity contribution < 1.29 is 9.13 Å². The Labute approximate surface area is 155 Å². The van der Waals surface area contributed by atoms with E-state index in [1.165, 1.54) is 6.42 Å². The smallest absolute Gasteiger partial charge is 0.141 e. The predicted octanol–water partition coefficient (Wildman–Crippen LogP) is 3.54. The number of halogens is 1. The van der Waals surface area contributed by atoms with Crippen LogP contribution in [0.15, 0.2) is 0 Å². The molecule has 3 nitrogen and oxygen atoms in total. The first kappa shape index (κ1) is 19.3. The fourth-order valence-corrected chi connectivity index (χ4v) is 7.86. The first-order valence-electron chi connectivity index (χ1n) is 9.25. The van der Waals surface area contributed by atoms with E-state index in [9.17, 15) is 4.39 Å². The summed E-state index contributed by atoms with van der Waals surface area (Å²) in [5.41, 5.74) is 0. The van der Waals surface area contributed by atoms with Gasteiger partial charge in [0.2, 0.25) is 0 Å². The molecule has 1 aliphatic carbocycles. The van der Waals surface area contributed by atoms with Crippen molar-refractivity contribution in [2.45, 2.75) is 75.3 Å². The lowest BCUT2D eigenvalue weighted by molar-refractivity contribution is 0.0532. The molecule has 24 heavy (non-hydrogen) atoms. The average Bonchev–Trinajstić information content (AvgIpc) is 3.14. The van der Waals surface area contributed by atoms with Gasteiger partial charge in [-0.25, -0.2) is 4.39 Å². The molecular weight excluding hydrogens is 343 g/mol. The lowest BCUT2D eigenvalue weighted by Gasteiger charge is -2.37. The van der Waals surface area contributed by atoms with Gasteiger partial charge in [0.25, 0.3) is 0 Å².